The van der Waals surface area contributed by atoms with E-state index in [4.69, 9.17) is 21.1 Å². The second-order valence-electron chi connectivity index (χ2n) is 6.61. The lowest BCUT2D eigenvalue weighted by Crippen LogP contribution is -2.38. The number of hydrogen-bond donors (Lipinski definition) is 3. The van der Waals surface area contributed by atoms with E-state index in [0.29, 0.717) is 6.54 Å². The molecule has 0 spiro atoms. The molecule has 0 radical (unpaired) electrons. The van der Waals surface area contributed by atoms with Crippen LogP contribution in [0.15, 0.2) is 33.9 Å². The van der Waals surface area contributed by atoms with E-state index in [0.717, 1.165) is 65.9 Å². The molecule has 3 N–H and O–H groups in total. The van der Waals surface area contributed by atoms with Crippen molar-refractivity contribution in [3.63, 3.8) is 0 Å². The predicted octanol–water partition coefficient (Wildman–Crippen LogP) is 4.23. The molecular weight excluding hydrogens is 374 g/mol. The van der Waals surface area contributed by atoms with Crippen molar-refractivity contribution in [2.75, 3.05) is 13.1 Å². The van der Waals surface area contributed by atoms with Gasteiger partial charge in [0.15, 0.2) is 5.96 Å². The highest BCUT2D eigenvalue weighted by Gasteiger charge is 2.13. The molecule has 2 aromatic heterocycles. The second-order valence-corrected chi connectivity index (χ2v) is 7.05. The van der Waals surface area contributed by atoms with Crippen LogP contribution >= 0.6 is 11.6 Å². The van der Waals surface area contributed by atoms with Gasteiger partial charge in [-0.15, -0.1) is 0 Å². The summed E-state index contributed by atoms with van der Waals surface area (Å²) >= 11 is 6.14. The third-order valence-corrected chi connectivity index (χ3v) is 5.00. The van der Waals surface area contributed by atoms with E-state index in [1.165, 1.54) is 10.9 Å². The fourth-order valence-electron chi connectivity index (χ4n) is 3.29. The third kappa shape index (κ3) is 4.68. The molecule has 0 aliphatic heterocycles. The summed E-state index contributed by atoms with van der Waals surface area (Å²) in [6.45, 7) is 8.36. The van der Waals surface area contributed by atoms with Crippen LogP contribution in [-0.4, -0.2) is 29.2 Å². The van der Waals surface area contributed by atoms with E-state index in [2.05, 4.69) is 41.5 Å². The summed E-state index contributed by atoms with van der Waals surface area (Å²) in [7, 11) is 0. The number of halogens is 1. The summed E-state index contributed by atoms with van der Waals surface area (Å²) in [6.07, 6.45) is 4.59. The van der Waals surface area contributed by atoms with E-state index in [1.807, 2.05) is 24.4 Å². The maximum absolute atomic E-state index is 6.14. The number of aryl methyl sites for hydroxylation is 2. The van der Waals surface area contributed by atoms with Gasteiger partial charge in [0.05, 0.1) is 12.2 Å². The smallest absolute Gasteiger partial charge is 0.191 e. The average molecular weight is 402 g/mol. The van der Waals surface area contributed by atoms with Gasteiger partial charge in [0, 0.05) is 47.2 Å². The van der Waals surface area contributed by atoms with Crippen molar-refractivity contribution in [1.29, 1.82) is 0 Å². The van der Waals surface area contributed by atoms with Crippen LogP contribution in [0.1, 0.15) is 43.4 Å². The molecule has 7 heteroatoms. The highest BCUT2D eigenvalue weighted by atomic mass is 35.5. The molecule has 2 heterocycles. The summed E-state index contributed by atoms with van der Waals surface area (Å²) < 4.78 is 5.43. The number of guanidine groups is 1. The fraction of sp³-hybridized carbons (Fsp3) is 0.429. The van der Waals surface area contributed by atoms with E-state index in [9.17, 15) is 0 Å². The number of aromatic amines is 1. The van der Waals surface area contributed by atoms with Gasteiger partial charge in [0.25, 0.3) is 0 Å². The Morgan fingerprint density at radius 3 is 2.82 bits per heavy atom. The van der Waals surface area contributed by atoms with Crippen LogP contribution in [0.25, 0.3) is 10.9 Å². The average Bonchev–Trinajstić information content (AvgIpc) is 3.29. The highest BCUT2D eigenvalue weighted by molar-refractivity contribution is 6.31. The van der Waals surface area contributed by atoms with Crippen LogP contribution in [-0.2, 0) is 25.8 Å². The van der Waals surface area contributed by atoms with E-state index >= 15 is 0 Å². The summed E-state index contributed by atoms with van der Waals surface area (Å²) in [6, 6.07) is 5.92. The number of nitrogens with zero attached hydrogens (tertiary/aromatic N) is 2. The Bertz CT molecular complexity index is 922. The quantitative estimate of drug-likeness (QED) is 0.390. The highest BCUT2D eigenvalue weighted by Crippen LogP contribution is 2.22. The monoisotopic (exact) mass is 401 g/mol. The molecule has 0 saturated heterocycles. The van der Waals surface area contributed by atoms with E-state index < -0.39 is 0 Å². The third-order valence-electron chi connectivity index (χ3n) is 4.76. The van der Waals surface area contributed by atoms with Crippen LogP contribution < -0.4 is 10.6 Å². The van der Waals surface area contributed by atoms with Gasteiger partial charge in [-0.05, 0) is 43.5 Å². The lowest BCUT2D eigenvalue weighted by Gasteiger charge is -2.11. The Morgan fingerprint density at radius 1 is 1.21 bits per heavy atom. The summed E-state index contributed by atoms with van der Waals surface area (Å²) in [5, 5.41) is 12.8. The predicted molar refractivity (Wildman–Crippen MR) is 115 cm³/mol. The van der Waals surface area contributed by atoms with Gasteiger partial charge in [-0.2, -0.15) is 0 Å². The molecule has 6 nitrogen and oxygen atoms in total. The van der Waals surface area contributed by atoms with Crippen molar-refractivity contribution < 1.29 is 4.52 Å². The topological polar surface area (TPSA) is 78.2 Å². The van der Waals surface area contributed by atoms with Crippen LogP contribution in [0.5, 0.6) is 0 Å². The molecule has 0 fully saturated rings. The van der Waals surface area contributed by atoms with Crippen LogP contribution in [0.2, 0.25) is 5.02 Å². The first-order valence-electron chi connectivity index (χ1n) is 9.90. The van der Waals surface area contributed by atoms with Crippen molar-refractivity contribution in [1.82, 2.24) is 20.8 Å². The fourth-order valence-corrected chi connectivity index (χ4v) is 3.46. The van der Waals surface area contributed by atoms with Gasteiger partial charge in [-0.3, -0.25) is 0 Å². The first-order chi connectivity index (χ1) is 13.7. The van der Waals surface area contributed by atoms with Gasteiger partial charge in [0.2, 0.25) is 0 Å². The standard InChI is InChI=1S/C21H28ClN5O/c1-4-18-17(20(5-2)28-27-18)13-26-21(23-6-3)24-10-9-14-12-25-19-8-7-15(22)11-16(14)19/h7-8,11-12,25H,4-6,9-10,13H2,1-3H3,(H2,23,24,26). The SMILES string of the molecule is CCNC(=NCc1c(CC)noc1CC)NCCc1c[nH]c2ccc(Cl)cc12. The first kappa shape index (κ1) is 20.3. The number of benzene rings is 1. The maximum Gasteiger partial charge on any atom is 0.191 e. The Balaban J connectivity index is 1.65. The Morgan fingerprint density at radius 2 is 2.07 bits per heavy atom. The van der Waals surface area contributed by atoms with Gasteiger partial charge in [-0.25, -0.2) is 4.99 Å². The normalized spacial score (nSPS) is 11.9. The Labute approximate surface area is 170 Å². The molecular formula is C21H28ClN5O. The zero-order valence-electron chi connectivity index (χ0n) is 16.7. The number of aromatic nitrogens is 2. The molecule has 3 rings (SSSR count). The summed E-state index contributed by atoms with van der Waals surface area (Å²) in [4.78, 5) is 8.03. The molecule has 1 aromatic carbocycles. The van der Waals surface area contributed by atoms with Crippen molar-refractivity contribution in [2.24, 2.45) is 4.99 Å². The first-order valence-corrected chi connectivity index (χ1v) is 10.3. The largest absolute Gasteiger partial charge is 0.361 e. The second kappa shape index (κ2) is 9.64. The maximum atomic E-state index is 6.14. The summed E-state index contributed by atoms with van der Waals surface area (Å²) in [5.41, 5.74) is 4.44. The molecule has 0 unspecified atom stereocenters. The van der Waals surface area contributed by atoms with Gasteiger partial charge >= 0.3 is 0 Å². The number of H-pyrrole nitrogens is 1. The van der Waals surface area contributed by atoms with Crippen molar-refractivity contribution >= 4 is 28.5 Å². The zero-order chi connectivity index (χ0) is 19.9. The number of nitrogens with one attached hydrogen (secondary N) is 3. The molecule has 0 amide bonds. The molecule has 0 bridgehead atoms. The van der Waals surface area contributed by atoms with Crippen LogP contribution in [0.3, 0.4) is 0 Å². The molecule has 28 heavy (non-hydrogen) atoms. The van der Waals surface area contributed by atoms with Crippen LogP contribution in [0, 0.1) is 0 Å². The molecule has 0 aliphatic rings. The zero-order valence-corrected chi connectivity index (χ0v) is 17.5. The summed E-state index contributed by atoms with van der Waals surface area (Å²) in [5.74, 6) is 1.72. The minimum Gasteiger partial charge on any atom is -0.361 e. The number of hydrogen-bond acceptors (Lipinski definition) is 3. The van der Waals surface area contributed by atoms with Crippen molar-refractivity contribution in [2.45, 2.75) is 46.6 Å². The molecule has 3 aromatic rings. The Hall–Kier alpha value is -2.47. The minimum atomic E-state index is 0.563. The minimum absolute atomic E-state index is 0.563. The lowest BCUT2D eigenvalue weighted by atomic mass is 10.1. The van der Waals surface area contributed by atoms with Gasteiger partial charge < -0.3 is 20.1 Å². The van der Waals surface area contributed by atoms with Gasteiger partial charge in [-0.1, -0.05) is 30.6 Å². The van der Waals surface area contributed by atoms with E-state index in [1.54, 1.807) is 0 Å². The number of fused-ring (bicyclic) bond motifs is 1. The Kier molecular flexibility index (Phi) is 6.98. The lowest BCUT2D eigenvalue weighted by molar-refractivity contribution is 0.380. The molecule has 0 aliphatic carbocycles. The molecule has 150 valence electrons. The number of aliphatic imine (C=N–C) groups is 1. The number of rotatable bonds is 8. The van der Waals surface area contributed by atoms with Crippen LogP contribution in [0.4, 0.5) is 0 Å². The van der Waals surface area contributed by atoms with E-state index in [-0.39, 0.29) is 0 Å². The van der Waals surface area contributed by atoms with Crippen molar-refractivity contribution in [3.05, 3.63) is 52.0 Å². The van der Waals surface area contributed by atoms with Crippen molar-refractivity contribution in [3.8, 4) is 0 Å². The van der Waals surface area contributed by atoms with Gasteiger partial charge in [0.1, 0.15) is 5.76 Å². The molecule has 0 saturated carbocycles. The molecule has 0 atom stereocenters.